The number of aromatic nitrogens is 5. The van der Waals surface area contributed by atoms with E-state index < -0.39 is 0 Å². The number of nitrogens with zero attached hydrogens (tertiary/aromatic N) is 5. The molecule has 0 aliphatic rings. The van der Waals surface area contributed by atoms with Gasteiger partial charge in [0.2, 0.25) is 5.95 Å². The summed E-state index contributed by atoms with van der Waals surface area (Å²) in [5.74, 6) is 0.647. The van der Waals surface area contributed by atoms with Crippen LogP contribution in [0.1, 0.15) is 0 Å². The van der Waals surface area contributed by atoms with Crippen LogP contribution in [0.5, 0.6) is 0 Å². The van der Waals surface area contributed by atoms with Gasteiger partial charge in [-0.25, -0.2) is 14.6 Å². The molecule has 5 aromatic carbocycles. The maximum atomic E-state index is 5.21. The van der Waals surface area contributed by atoms with E-state index in [1.807, 2.05) is 59.4 Å². The maximum absolute atomic E-state index is 5.21. The molecule has 0 amide bonds. The summed E-state index contributed by atoms with van der Waals surface area (Å²) in [6, 6.07) is 41.6. The second-order valence-electron chi connectivity index (χ2n) is 9.39. The molecular weight excluding hydrogens is 466 g/mol. The quantitative estimate of drug-likeness (QED) is 0.256. The van der Waals surface area contributed by atoms with Crippen LogP contribution in [0.25, 0.3) is 66.5 Å². The van der Waals surface area contributed by atoms with Gasteiger partial charge in [0.15, 0.2) is 0 Å². The third-order valence-corrected chi connectivity index (χ3v) is 7.22. The summed E-state index contributed by atoms with van der Waals surface area (Å²) in [7, 11) is 0. The number of hydrogen-bond acceptors (Lipinski definition) is 3. The van der Waals surface area contributed by atoms with Gasteiger partial charge in [0, 0.05) is 27.1 Å². The molecule has 3 aromatic heterocycles. The van der Waals surface area contributed by atoms with Crippen LogP contribution < -0.4 is 0 Å². The molecule has 0 fully saturated rings. The fraction of sp³-hybridized carbons (Fsp3) is 0. The molecule has 0 aliphatic carbocycles. The predicted molar refractivity (Wildman–Crippen MR) is 154 cm³/mol. The molecule has 5 heteroatoms. The van der Waals surface area contributed by atoms with Crippen molar-refractivity contribution in [1.82, 2.24) is 24.3 Å². The van der Waals surface area contributed by atoms with E-state index in [2.05, 4.69) is 77.4 Å². The highest BCUT2D eigenvalue weighted by Gasteiger charge is 2.20. The van der Waals surface area contributed by atoms with Crippen molar-refractivity contribution in [2.24, 2.45) is 0 Å². The van der Waals surface area contributed by atoms with Crippen LogP contribution in [-0.4, -0.2) is 24.3 Å². The van der Waals surface area contributed by atoms with Gasteiger partial charge in [0.05, 0.1) is 39.6 Å². The number of para-hydroxylation sites is 3. The molecule has 5 nitrogen and oxygen atoms in total. The van der Waals surface area contributed by atoms with Crippen LogP contribution in [-0.2, 0) is 0 Å². The average Bonchev–Trinajstić information content (AvgIpc) is 3.57. The molecule has 0 atom stereocenters. The predicted octanol–water partition coefficient (Wildman–Crippen LogP) is 7.73. The summed E-state index contributed by atoms with van der Waals surface area (Å²) in [4.78, 5) is 10.3. The van der Waals surface area contributed by atoms with Gasteiger partial charge in [0.1, 0.15) is 0 Å². The molecule has 8 rings (SSSR count). The van der Waals surface area contributed by atoms with Gasteiger partial charge in [-0.15, -0.1) is 0 Å². The topological polar surface area (TPSA) is 48.5 Å². The summed E-state index contributed by atoms with van der Waals surface area (Å²) >= 11 is 0. The number of benzene rings is 5. The summed E-state index contributed by atoms with van der Waals surface area (Å²) in [5.41, 5.74) is 7.08. The Bertz CT molecular complexity index is 2120. The van der Waals surface area contributed by atoms with E-state index in [-0.39, 0.29) is 0 Å². The molecule has 178 valence electrons. The summed E-state index contributed by atoms with van der Waals surface area (Å²) in [6.07, 6.45) is 1.96. The van der Waals surface area contributed by atoms with E-state index in [0.717, 1.165) is 60.6 Å². The molecule has 0 spiro atoms. The number of fused-ring (bicyclic) bond motifs is 6. The smallest absolute Gasteiger partial charge is 0.235 e. The van der Waals surface area contributed by atoms with Crippen molar-refractivity contribution < 1.29 is 0 Å². The van der Waals surface area contributed by atoms with Crippen LogP contribution in [0, 0.1) is 0 Å². The second-order valence-corrected chi connectivity index (χ2v) is 9.39. The Labute approximate surface area is 218 Å². The maximum Gasteiger partial charge on any atom is 0.235 e. The first-order valence-corrected chi connectivity index (χ1v) is 12.6. The minimum absolute atomic E-state index is 0.647. The Balaban J connectivity index is 1.50. The molecule has 3 heterocycles. The first-order valence-electron chi connectivity index (χ1n) is 12.6. The SMILES string of the molecule is c1ccc(-c2nc(-n3c4ccccc4c4ccc5c(cnn5-c5ccccc5)c43)nc3ccccc23)cc1. The highest BCUT2D eigenvalue weighted by molar-refractivity contribution is 6.18. The van der Waals surface area contributed by atoms with Crippen molar-refractivity contribution in [2.75, 3.05) is 0 Å². The zero-order chi connectivity index (χ0) is 25.1. The van der Waals surface area contributed by atoms with Crippen molar-refractivity contribution in [3.05, 3.63) is 128 Å². The highest BCUT2D eigenvalue weighted by atomic mass is 15.3. The number of rotatable bonds is 3. The van der Waals surface area contributed by atoms with Crippen molar-refractivity contribution in [3.8, 4) is 22.9 Å². The van der Waals surface area contributed by atoms with Crippen molar-refractivity contribution in [1.29, 1.82) is 0 Å². The van der Waals surface area contributed by atoms with E-state index in [0.29, 0.717) is 5.95 Å². The lowest BCUT2D eigenvalue weighted by molar-refractivity contribution is 0.911. The van der Waals surface area contributed by atoms with E-state index in [9.17, 15) is 0 Å². The first kappa shape index (κ1) is 20.9. The van der Waals surface area contributed by atoms with Gasteiger partial charge in [-0.1, -0.05) is 84.9 Å². The van der Waals surface area contributed by atoms with Crippen LogP contribution in [0.2, 0.25) is 0 Å². The molecule has 38 heavy (non-hydrogen) atoms. The van der Waals surface area contributed by atoms with Crippen molar-refractivity contribution in [2.45, 2.75) is 0 Å². The molecule has 8 aromatic rings. The summed E-state index contributed by atoms with van der Waals surface area (Å²) in [5, 5.41) is 9.20. The van der Waals surface area contributed by atoms with Crippen molar-refractivity contribution >= 4 is 43.6 Å². The molecule has 0 aliphatic heterocycles. The molecular formula is C33H21N5. The van der Waals surface area contributed by atoms with Crippen LogP contribution in [0.4, 0.5) is 0 Å². The normalized spacial score (nSPS) is 11.7. The lowest BCUT2D eigenvalue weighted by atomic mass is 10.1. The number of hydrogen-bond donors (Lipinski definition) is 0. The largest absolute Gasteiger partial charge is 0.277 e. The zero-order valence-corrected chi connectivity index (χ0v) is 20.4. The third-order valence-electron chi connectivity index (χ3n) is 7.22. The Morgan fingerprint density at radius 1 is 0.500 bits per heavy atom. The van der Waals surface area contributed by atoms with E-state index >= 15 is 0 Å². The van der Waals surface area contributed by atoms with Gasteiger partial charge < -0.3 is 0 Å². The lowest BCUT2D eigenvalue weighted by Crippen LogP contribution is -2.03. The summed E-state index contributed by atoms with van der Waals surface area (Å²) < 4.78 is 4.19. The van der Waals surface area contributed by atoms with Gasteiger partial charge in [-0.3, -0.25) is 4.57 Å². The Morgan fingerprint density at radius 3 is 2.05 bits per heavy atom. The van der Waals surface area contributed by atoms with Crippen LogP contribution >= 0.6 is 0 Å². The van der Waals surface area contributed by atoms with Crippen LogP contribution in [0.3, 0.4) is 0 Å². The minimum atomic E-state index is 0.647. The monoisotopic (exact) mass is 487 g/mol. The van der Waals surface area contributed by atoms with Gasteiger partial charge in [0.25, 0.3) is 0 Å². The Kier molecular flexibility index (Phi) is 4.45. The molecule has 0 radical (unpaired) electrons. The minimum Gasteiger partial charge on any atom is -0.277 e. The average molecular weight is 488 g/mol. The van der Waals surface area contributed by atoms with E-state index in [4.69, 9.17) is 15.1 Å². The van der Waals surface area contributed by atoms with E-state index in [1.165, 1.54) is 0 Å². The van der Waals surface area contributed by atoms with Gasteiger partial charge in [-0.2, -0.15) is 5.10 Å². The Morgan fingerprint density at radius 2 is 1.21 bits per heavy atom. The molecule has 0 saturated carbocycles. The van der Waals surface area contributed by atoms with Gasteiger partial charge >= 0.3 is 0 Å². The van der Waals surface area contributed by atoms with E-state index in [1.54, 1.807) is 0 Å². The lowest BCUT2D eigenvalue weighted by Gasteiger charge is -2.12. The van der Waals surface area contributed by atoms with Gasteiger partial charge in [-0.05, 0) is 36.4 Å². The molecule has 0 bridgehead atoms. The highest BCUT2D eigenvalue weighted by Crippen LogP contribution is 2.37. The zero-order valence-electron chi connectivity index (χ0n) is 20.4. The molecule has 0 N–H and O–H groups in total. The second kappa shape index (κ2) is 8.11. The van der Waals surface area contributed by atoms with Crippen LogP contribution in [0.15, 0.2) is 128 Å². The fourth-order valence-electron chi connectivity index (χ4n) is 5.53. The third kappa shape index (κ3) is 3.02. The van der Waals surface area contributed by atoms with Crippen molar-refractivity contribution in [3.63, 3.8) is 0 Å². The molecule has 0 unspecified atom stereocenters. The Hall–Kier alpha value is -5.29. The standard InChI is InChI=1S/C33H21N5/c1-3-11-22(12-4-1)31-26-16-7-9-17-28(26)35-33(36-31)37-29-18-10-8-15-24(29)25-19-20-30-27(32(25)37)21-34-38(30)23-13-5-2-6-14-23/h1-21H. The molecule has 0 saturated heterocycles. The first-order chi connectivity index (χ1) is 18.9. The summed E-state index contributed by atoms with van der Waals surface area (Å²) in [6.45, 7) is 0. The fourth-order valence-corrected chi connectivity index (χ4v) is 5.53.